The van der Waals surface area contributed by atoms with Crippen molar-refractivity contribution in [3.05, 3.63) is 0 Å². The summed E-state index contributed by atoms with van der Waals surface area (Å²) in [7, 11) is 0. The van der Waals surface area contributed by atoms with Crippen LogP contribution in [-0.2, 0) is 0 Å². The van der Waals surface area contributed by atoms with Gasteiger partial charge in [0.15, 0.2) is 0 Å². The van der Waals surface area contributed by atoms with Crippen LogP contribution in [0.25, 0.3) is 0 Å². The Morgan fingerprint density at radius 3 is 1.32 bits per heavy atom. The van der Waals surface area contributed by atoms with Crippen LogP contribution < -0.4 is 0 Å². The van der Waals surface area contributed by atoms with Crippen molar-refractivity contribution in [3.63, 3.8) is 0 Å². The Hall–Kier alpha value is -0.660. The van der Waals surface area contributed by atoms with Crippen molar-refractivity contribution in [2.24, 2.45) is 9.98 Å². The van der Waals surface area contributed by atoms with Crippen LogP contribution in [0.5, 0.6) is 0 Å². The highest BCUT2D eigenvalue weighted by atomic mass is 15.0. The fraction of sp³-hybridized carbons (Fsp3) is 0.900. The summed E-state index contributed by atoms with van der Waals surface area (Å²) < 4.78 is 0. The Kier molecular flexibility index (Phi) is 13.4. The molecule has 0 amide bonds. The molecular weight excluding hydrogens is 268 g/mol. The molecule has 1 rings (SSSR count). The molecule has 0 radical (unpaired) electrons. The van der Waals surface area contributed by atoms with E-state index in [1.54, 1.807) is 0 Å². The van der Waals surface area contributed by atoms with Crippen molar-refractivity contribution in [2.75, 3.05) is 0 Å². The third-order valence-electron chi connectivity index (χ3n) is 4.65. The first-order valence-corrected chi connectivity index (χ1v) is 9.98. The normalized spacial score (nSPS) is 14.2. The number of unbranched alkanes of at least 4 members (excludes halogenated alkanes) is 14. The second kappa shape index (κ2) is 15.2. The highest BCUT2D eigenvalue weighted by molar-refractivity contribution is 6.17. The molecule has 22 heavy (non-hydrogen) atoms. The van der Waals surface area contributed by atoms with E-state index in [0.29, 0.717) is 0 Å². The van der Waals surface area contributed by atoms with Crippen LogP contribution in [0.2, 0.25) is 0 Å². The summed E-state index contributed by atoms with van der Waals surface area (Å²) in [5, 5.41) is 0. The molecule has 0 N–H and O–H groups in total. The van der Waals surface area contributed by atoms with E-state index in [0.717, 1.165) is 6.42 Å². The average Bonchev–Trinajstić information content (AvgIpc) is 3.04. The van der Waals surface area contributed by atoms with E-state index >= 15 is 0 Å². The van der Waals surface area contributed by atoms with Crippen LogP contribution in [0, 0.1) is 0 Å². The van der Waals surface area contributed by atoms with E-state index < -0.39 is 0 Å². The summed E-state index contributed by atoms with van der Waals surface area (Å²) >= 11 is 0. The van der Waals surface area contributed by atoms with Crippen LogP contribution in [0.3, 0.4) is 0 Å². The maximum absolute atomic E-state index is 4.29. The molecule has 0 bridgehead atoms. The number of hydrogen-bond acceptors (Lipinski definition) is 2. The summed E-state index contributed by atoms with van der Waals surface area (Å²) in [6, 6.07) is 0. The van der Waals surface area contributed by atoms with Gasteiger partial charge >= 0.3 is 0 Å². The molecule has 1 heterocycles. The minimum absolute atomic E-state index is 0.252. The second-order valence-corrected chi connectivity index (χ2v) is 6.82. The van der Waals surface area contributed by atoms with E-state index in [-0.39, 0.29) is 6.17 Å². The molecule has 128 valence electrons. The molecule has 0 atom stereocenters. The quantitative estimate of drug-likeness (QED) is 0.282. The van der Waals surface area contributed by atoms with Gasteiger partial charge in [-0.1, -0.05) is 96.8 Å². The summed E-state index contributed by atoms with van der Waals surface area (Å²) in [6.45, 7) is 2.29. The maximum Gasteiger partial charge on any atom is 0.139 e. The van der Waals surface area contributed by atoms with Gasteiger partial charge in [-0.3, -0.25) is 9.98 Å². The van der Waals surface area contributed by atoms with Gasteiger partial charge in [0.05, 0.1) is 0 Å². The number of hydrogen-bond donors (Lipinski definition) is 0. The molecule has 2 nitrogen and oxygen atoms in total. The molecule has 0 unspecified atom stereocenters. The molecule has 0 aliphatic carbocycles. The highest BCUT2D eigenvalue weighted by Crippen LogP contribution is 2.15. The molecule has 0 saturated heterocycles. The molecule has 0 fully saturated rings. The Morgan fingerprint density at radius 2 is 0.909 bits per heavy atom. The Balaban J connectivity index is 1.66. The van der Waals surface area contributed by atoms with Gasteiger partial charge in [0, 0.05) is 12.4 Å². The van der Waals surface area contributed by atoms with Crippen LogP contribution >= 0.6 is 0 Å². The topological polar surface area (TPSA) is 24.7 Å². The Bertz CT molecular complexity index is 271. The van der Waals surface area contributed by atoms with Crippen LogP contribution in [0.4, 0.5) is 0 Å². The third kappa shape index (κ3) is 11.9. The van der Waals surface area contributed by atoms with Crippen LogP contribution in [-0.4, -0.2) is 18.6 Å². The molecule has 0 aromatic rings. The zero-order valence-corrected chi connectivity index (χ0v) is 14.9. The summed E-state index contributed by atoms with van der Waals surface area (Å²) in [5.74, 6) is 0. The standard InChI is InChI=1S/C20H38N2/c1-2-3-4-5-6-7-8-9-10-11-12-13-14-15-16-17-20-21-18-19-22-20/h18-20H,2-17H2,1H3. The molecule has 0 saturated carbocycles. The zero-order valence-electron chi connectivity index (χ0n) is 14.9. The van der Waals surface area contributed by atoms with E-state index in [9.17, 15) is 0 Å². The minimum atomic E-state index is 0.252. The van der Waals surface area contributed by atoms with Crippen molar-refractivity contribution in [1.29, 1.82) is 0 Å². The lowest BCUT2D eigenvalue weighted by molar-refractivity contribution is 0.521. The lowest BCUT2D eigenvalue weighted by Gasteiger charge is -2.04. The van der Waals surface area contributed by atoms with Crippen molar-refractivity contribution in [2.45, 2.75) is 116 Å². The molecular formula is C20H38N2. The molecule has 1 aliphatic rings. The lowest BCUT2D eigenvalue weighted by atomic mass is 10.0. The van der Waals surface area contributed by atoms with E-state index in [1.807, 2.05) is 12.4 Å². The predicted molar refractivity (Wildman–Crippen MR) is 100 cm³/mol. The van der Waals surface area contributed by atoms with E-state index in [1.165, 1.54) is 96.3 Å². The molecule has 0 aromatic carbocycles. The number of aliphatic imine (C=N–C) groups is 2. The molecule has 2 heteroatoms. The van der Waals surface area contributed by atoms with Crippen LogP contribution in [0.15, 0.2) is 9.98 Å². The fourth-order valence-corrected chi connectivity index (χ4v) is 3.16. The highest BCUT2D eigenvalue weighted by Gasteiger charge is 2.04. The monoisotopic (exact) mass is 306 g/mol. The second-order valence-electron chi connectivity index (χ2n) is 6.82. The largest absolute Gasteiger partial charge is 0.265 e. The first-order valence-electron chi connectivity index (χ1n) is 9.98. The summed E-state index contributed by atoms with van der Waals surface area (Å²) in [4.78, 5) is 8.58. The van der Waals surface area contributed by atoms with Gasteiger partial charge in [-0.25, -0.2) is 0 Å². The summed E-state index contributed by atoms with van der Waals surface area (Å²) in [5.41, 5.74) is 0. The van der Waals surface area contributed by atoms with E-state index in [2.05, 4.69) is 16.9 Å². The maximum atomic E-state index is 4.29. The molecule has 0 aromatic heterocycles. The number of rotatable bonds is 16. The summed E-state index contributed by atoms with van der Waals surface area (Å²) in [6.07, 6.45) is 26.5. The molecule has 1 aliphatic heterocycles. The van der Waals surface area contributed by atoms with Crippen molar-refractivity contribution in [3.8, 4) is 0 Å². The van der Waals surface area contributed by atoms with Crippen LogP contribution in [0.1, 0.15) is 110 Å². The predicted octanol–water partition coefficient (Wildman–Crippen LogP) is 6.73. The van der Waals surface area contributed by atoms with Gasteiger partial charge in [0.1, 0.15) is 6.17 Å². The average molecular weight is 307 g/mol. The number of nitrogens with zero attached hydrogens (tertiary/aromatic N) is 2. The van der Waals surface area contributed by atoms with Gasteiger partial charge in [0.2, 0.25) is 0 Å². The van der Waals surface area contributed by atoms with Crippen molar-refractivity contribution in [1.82, 2.24) is 0 Å². The Morgan fingerprint density at radius 1 is 0.545 bits per heavy atom. The van der Waals surface area contributed by atoms with Gasteiger partial charge < -0.3 is 0 Å². The van der Waals surface area contributed by atoms with Gasteiger partial charge in [-0.2, -0.15) is 0 Å². The van der Waals surface area contributed by atoms with Gasteiger partial charge in [-0.05, 0) is 12.8 Å². The zero-order chi connectivity index (χ0) is 15.7. The van der Waals surface area contributed by atoms with E-state index in [4.69, 9.17) is 0 Å². The minimum Gasteiger partial charge on any atom is -0.265 e. The van der Waals surface area contributed by atoms with Gasteiger partial charge in [0.25, 0.3) is 0 Å². The first-order chi connectivity index (χ1) is 10.9. The first kappa shape index (κ1) is 19.4. The molecule has 0 spiro atoms. The lowest BCUT2D eigenvalue weighted by Crippen LogP contribution is -1.96. The van der Waals surface area contributed by atoms with Gasteiger partial charge in [-0.15, -0.1) is 0 Å². The smallest absolute Gasteiger partial charge is 0.139 e. The Labute approximate surface area is 138 Å². The van der Waals surface area contributed by atoms with Crippen molar-refractivity contribution >= 4 is 12.4 Å². The third-order valence-corrected chi connectivity index (χ3v) is 4.65. The SMILES string of the molecule is CCCCCCCCCCCCCCCCCC1N=CC=N1. The fourth-order valence-electron chi connectivity index (χ4n) is 3.16. The van der Waals surface area contributed by atoms with Crippen molar-refractivity contribution < 1.29 is 0 Å².